The SMILES string of the molecule is COCc1ccc(C(=O)N(C)C(Cc2ccccc2)C(=O)O)o1. The van der Waals surface area contributed by atoms with E-state index in [2.05, 4.69) is 0 Å². The quantitative estimate of drug-likeness (QED) is 0.847. The van der Waals surface area contributed by atoms with Gasteiger partial charge in [0.1, 0.15) is 18.4 Å². The molecule has 1 amide bonds. The summed E-state index contributed by atoms with van der Waals surface area (Å²) in [6.45, 7) is 0.253. The molecule has 2 aromatic rings. The van der Waals surface area contributed by atoms with Crippen molar-refractivity contribution in [3.8, 4) is 0 Å². The molecule has 1 aromatic heterocycles. The summed E-state index contributed by atoms with van der Waals surface area (Å²) < 4.78 is 10.3. The summed E-state index contributed by atoms with van der Waals surface area (Å²) in [7, 11) is 2.99. The van der Waals surface area contributed by atoms with Gasteiger partial charge in [-0.05, 0) is 17.7 Å². The minimum Gasteiger partial charge on any atom is -0.480 e. The zero-order chi connectivity index (χ0) is 16.8. The zero-order valence-corrected chi connectivity index (χ0v) is 13.1. The van der Waals surface area contributed by atoms with Crippen molar-refractivity contribution < 1.29 is 23.8 Å². The topological polar surface area (TPSA) is 80.0 Å². The second kappa shape index (κ2) is 7.60. The minimum atomic E-state index is -1.06. The molecule has 6 nitrogen and oxygen atoms in total. The normalized spacial score (nSPS) is 11.9. The van der Waals surface area contributed by atoms with Gasteiger partial charge in [-0.2, -0.15) is 0 Å². The molecule has 6 heteroatoms. The van der Waals surface area contributed by atoms with Crippen LogP contribution >= 0.6 is 0 Å². The van der Waals surface area contributed by atoms with Crippen LogP contribution in [-0.4, -0.2) is 42.1 Å². The molecule has 122 valence electrons. The van der Waals surface area contributed by atoms with Crippen LogP contribution in [0.1, 0.15) is 21.9 Å². The molecule has 1 N–H and O–H groups in total. The Morgan fingerprint density at radius 2 is 1.91 bits per heavy atom. The maximum absolute atomic E-state index is 12.4. The van der Waals surface area contributed by atoms with Crippen molar-refractivity contribution in [2.24, 2.45) is 0 Å². The van der Waals surface area contributed by atoms with E-state index in [9.17, 15) is 14.7 Å². The lowest BCUT2D eigenvalue weighted by Gasteiger charge is -2.24. The Morgan fingerprint density at radius 3 is 2.52 bits per heavy atom. The summed E-state index contributed by atoms with van der Waals surface area (Å²) in [5.41, 5.74) is 0.846. The van der Waals surface area contributed by atoms with E-state index in [-0.39, 0.29) is 18.8 Å². The summed E-state index contributed by atoms with van der Waals surface area (Å²) in [6, 6.07) is 11.4. The molecule has 1 atom stereocenters. The van der Waals surface area contributed by atoms with E-state index in [1.165, 1.54) is 25.1 Å². The van der Waals surface area contributed by atoms with Gasteiger partial charge in [-0.3, -0.25) is 4.79 Å². The second-order valence-electron chi connectivity index (χ2n) is 5.16. The number of carboxylic acids is 1. The van der Waals surface area contributed by atoms with E-state index < -0.39 is 17.9 Å². The summed E-state index contributed by atoms with van der Waals surface area (Å²) in [5.74, 6) is -0.929. The van der Waals surface area contributed by atoms with Crippen molar-refractivity contribution in [2.45, 2.75) is 19.1 Å². The number of carbonyl (C=O) groups is 2. The molecule has 0 aliphatic rings. The van der Waals surface area contributed by atoms with Crippen LogP contribution in [0.15, 0.2) is 46.9 Å². The molecule has 0 aliphatic carbocycles. The molecular weight excluding hydrogens is 298 g/mol. The number of amides is 1. The molecule has 0 fully saturated rings. The summed E-state index contributed by atoms with van der Waals surface area (Å²) in [5, 5.41) is 9.45. The van der Waals surface area contributed by atoms with Crippen molar-refractivity contribution in [1.82, 2.24) is 4.90 Å². The minimum absolute atomic E-state index is 0.0962. The van der Waals surface area contributed by atoms with Crippen LogP contribution in [0.2, 0.25) is 0 Å². The number of rotatable bonds is 7. The Kier molecular flexibility index (Phi) is 5.54. The van der Waals surface area contributed by atoms with Crippen LogP contribution in [0.4, 0.5) is 0 Å². The van der Waals surface area contributed by atoms with Gasteiger partial charge in [0.15, 0.2) is 5.76 Å². The van der Waals surface area contributed by atoms with Crippen LogP contribution in [0.3, 0.4) is 0 Å². The van der Waals surface area contributed by atoms with Crippen LogP contribution in [0.25, 0.3) is 0 Å². The number of likely N-dealkylation sites (N-methyl/N-ethyl adjacent to an activating group) is 1. The van der Waals surface area contributed by atoms with E-state index in [0.29, 0.717) is 5.76 Å². The molecule has 2 rings (SSSR count). The van der Waals surface area contributed by atoms with E-state index in [1.54, 1.807) is 6.07 Å². The van der Waals surface area contributed by atoms with E-state index in [4.69, 9.17) is 9.15 Å². The fraction of sp³-hybridized carbons (Fsp3) is 0.294. The molecule has 0 saturated heterocycles. The first kappa shape index (κ1) is 16.8. The lowest BCUT2D eigenvalue weighted by atomic mass is 10.0. The predicted octanol–water partition coefficient (Wildman–Crippen LogP) is 2.19. The average Bonchev–Trinajstić information content (AvgIpc) is 3.01. The lowest BCUT2D eigenvalue weighted by molar-refractivity contribution is -0.141. The number of ether oxygens (including phenoxy) is 1. The van der Waals surface area contributed by atoms with Crippen molar-refractivity contribution in [1.29, 1.82) is 0 Å². The van der Waals surface area contributed by atoms with Gasteiger partial charge in [0.05, 0.1) is 0 Å². The molecule has 23 heavy (non-hydrogen) atoms. The number of hydrogen-bond donors (Lipinski definition) is 1. The standard InChI is InChI=1S/C17H19NO5/c1-18(16(19)15-9-8-13(23-15)11-22-2)14(17(20)21)10-12-6-4-3-5-7-12/h3-9,14H,10-11H2,1-2H3,(H,20,21). The van der Waals surface area contributed by atoms with Crippen molar-refractivity contribution in [3.05, 3.63) is 59.5 Å². The summed E-state index contributed by atoms with van der Waals surface area (Å²) >= 11 is 0. The number of hydrogen-bond acceptors (Lipinski definition) is 4. The number of methoxy groups -OCH3 is 1. The highest BCUT2D eigenvalue weighted by Crippen LogP contribution is 2.15. The van der Waals surface area contributed by atoms with Gasteiger partial charge in [0.2, 0.25) is 0 Å². The molecule has 1 heterocycles. The number of carbonyl (C=O) groups excluding carboxylic acids is 1. The third kappa shape index (κ3) is 4.20. The number of furan rings is 1. The molecule has 1 aromatic carbocycles. The molecule has 0 saturated carbocycles. The van der Waals surface area contributed by atoms with Crippen molar-refractivity contribution in [3.63, 3.8) is 0 Å². The second-order valence-corrected chi connectivity index (χ2v) is 5.16. The van der Waals surface area contributed by atoms with E-state index in [0.717, 1.165) is 5.56 Å². The van der Waals surface area contributed by atoms with Crippen LogP contribution < -0.4 is 0 Å². The first-order chi connectivity index (χ1) is 11.0. The molecular formula is C17H19NO5. The molecule has 0 bridgehead atoms. The maximum Gasteiger partial charge on any atom is 0.326 e. The molecule has 0 aliphatic heterocycles. The zero-order valence-electron chi connectivity index (χ0n) is 13.1. The summed E-state index contributed by atoms with van der Waals surface area (Å²) in [6.07, 6.45) is 0.226. The van der Waals surface area contributed by atoms with Gasteiger partial charge in [-0.1, -0.05) is 30.3 Å². The van der Waals surface area contributed by atoms with Gasteiger partial charge < -0.3 is 19.2 Å². The first-order valence-electron chi connectivity index (χ1n) is 7.14. The lowest BCUT2D eigenvalue weighted by Crippen LogP contribution is -2.43. The highest BCUT2D eigenvalue weighted by Gasteiger charge is 2.29. The Hall–Kier alpha value is -2.60. The summed E-state index contributed by atoms with van der Waals surface area (Å²) in [4.78, 5) is 25.2. The fourth-order valence-corrected chi connectivity index (χ4v) is 2.26. The molecule has 0 radical (unpaired) electrons. The third-order valence-corrected chi connectivity index (χ3v) is 3.50. The van der Waals surface area contributed by atoms with E-state index >= 15 is 0 Å². The third-order valence-electron chi connectivity index (χ3n) is 3.50. The Balaban J connectivity index is 2.14. The number of nitrogens with zero attached hydrogens (tertiary/aromatic N) is 1. The van der Waals surface area contributed by atoms with Crippen LogP contribution in [-0.2, 0) is 22.6 Å². The van der Waals surface area contributed by atoms with Gasteiger partial charge in [-0.25, -0.2) is 4.79 Å². The van der Waals surface area contributed by atoms with Gasteiger partial charge in [0, 0.05) is 20.6 Å². The van der Waals surface area contributed by atoms with Gasteiger partial charge in [-0.15, -0.1) is 0 Å². The highest BCUT2D eigenvalue weighted by molar-refractivity contribution is 5.94. The van der Waals surface area contributed by atoms with E-state index in [1.807, 2.05) is 30.3 Å². The number of aliphatic carboxylic acids is 1. The first-order valence-corrected chi connectivity index (χ1v) is 7.14. The maximum atomic E-state index is 12.4. The van der Waals surface area contributed by atoms with Crippen LogP contribution in [0, 0.1) is 0 Å². The molecule has 1 unspecified atom stereocenters. The predicted molar refractivity (Wildman–Crippen MR) is 83.1 cm³/mol. The highest BCUT2D eigenvalue weighted by atomic mass is 16.5. The van der Waals surface area contributed by atoms with Gasteiger partial charge >= 0.3 is 5.97 Å². The number of carboxylic acid groups (broad SMARTS) is 1. The Bertz CT molecular complexity index is 665. The largest absolute Gasteiger partial charge is 0.480 e. The monoisotopic (exact) mass is 317 g/mol. The Morgan fingerprint density at radius 1 is 1.22 bits per heavy atom. The number of benzene rings is 1. The van der Waals surface area contributed by atoms with Crippen molar-refractivity contribution in [2.75, 3.05) is 14.2 Å². The van der Waals surface area contributed by atoms with Crippen LogP contribution in [0.5, 0.6) is 0 Å². The Labute approximate surface area is 134 Å². The fourth-order valence-electron chi connectivity index (χ4n) is 2.26. The average molecular weight is 317 g/mol. The molecule has 0 spiro atoms. The van der Waals surface area contributed by atoms with Gasteiger partial charge in [0.25, 0.3) is 5.91 Å². The van der Waals surface area contributed by atoms with Crippen molar-refractivity contribution >= 4 is 11.9 Å². The smallest absolute Gasteiger partial charge is 0.326 e.